The van der Waals surface area contributed by atoms with E-state index in [0.717, 1.165) is 12.1 Å². The van der Waals surface area contributed by atoms with Crippen LogP contribution in [-0.2, 0) is 6.42 Å². The van der Waals surface area contributed by atoms with E-state index in [1.54, 1.807) is 18.5 Å². The monoisotopic (exact) mass is 262 g/mol. The van der Waals surface area contributed by atoms with Gasteiger partial charge in [0.1, 0.15) is 0 Å². The van der Waals surface area contributed by atoms with E-state index in [2.05, 4.69) is 10.3 Å². The topological polar surface area (TPSA) is 45.1 Å². The molecule has 18 heavy (non-hydrogen) atoms. The standard InChI is InChI=1S/C14H15ClN2O/c15-13-9-16-7-6-14(13)17-12(10-18)8-11-4-2-1-3-5-11/h1-7,9,12,18H,8,10H2,(H,16,17). The number of pyridine rings is 1. The highest BCUT2D eigenvalue weighted by Crippen LogP contribution is 2.20. The van der Waals surface area contributed by atoms with E-state index in [4.69, 9.17) is 11.6 Å². The van der Waals surface area contributed by atoms with Crippen molar-refractivity contribution in [3.63, 3.8) is 0 Å². The summed E-state index contributed by atoms with van der Waals surface area (Å²) in [6.07, 6.45) is 4.00. The number of nitrogens with zero attached hydrogens (tertiary/aromatic N) is 1. The Balaban J connectivity index is 2.04. The van der Waals surface area contributed by atoms with E-state index in [1.807, 2.05) is 30.3 Å². The molecule has 0 spiro atoms. The molecule has 0 bridgehead atoms. The van der Waals surface area contributed by atoms with E-state index in [-0.39, 0.29) is 12.6 Å². The van der Waals surface area contributed by atoms with Crippen molar-refractivity contribution < 1.29 is 5.11 Å². The zero-order valence-corrected chi connectivity index (χ0v) is 10.6. The fourth-order valence-corrected chi connectivity index (χ4v) is 1.95. The van der Waals surface area contributed by atoms with Crippen LogP contribution in [0.2, 0.25) is 5.02 Å². The summed E-state index contributed by atoms with van der Waals surface area (Å²) < 4.78 is 0. The molecule has 94 valence electrons. The number of halogens is 1. The second kappa shape index (κ2) is 6.38. The molecule has 0 amide bonds. The van der Waals surface area contributed by atoms with E-state index in [9.17, 15) is 5.11 Å². The fourth-order valence-electron chi connectivity index (χ4n) is 1.77. The third-order valence-corrected chi connectivity index (χ3v) is 2.98. The summed E-state index contributed by atoms with van der Waals surface area (Å²) in [6, 6.07) is 11.8. The maximum absolute atomic E-state index is 9.42. The number of benzene rings is 1. The van der Waals surface area contributed by atoms with E-state index in [1.165, 1.54) is 5.56 Å². The lowest BCUT2D eigenvalue weighted by atomic mass is 10.1. The number of rotatable bonds is 5. The van der Waals surface area contributed by atoms with Gasteiger partial charge in [0.25, 0.3) is 0 Å². The van der Waals surface area contributed by atoms with Crippen LogP contribution in [-0.4, -0.2) is 22.7 Å². The van der Waals surface area contributed by atoms with Crippen LogP contribution >= 0.6 is 11.6 Å². The zero-order valence-electron chi connectivity index (χ0n) is 9.88. The highest BCUT2D eigenvalue weighted by atomic mass is 35.5. The normalized spacial score (nSPS) is 12.1. The molecule has 0 radical (unpaired) electrons. The summed E-state index contributed by atoms with van der Waals surface area (Å²) in [5, 5.41) is 13.2. The predicted molar refractivity (Wildman–Crippen MR) is 73.9 cm³/mol. The summed E-state index contributed by atoms with van der Waals surface area (Å²) in [7, 11) is 0. The Hall–Kier alpha value is -1.58. The first-order valence-corrected chi connectivity index (χ1v) is 6.18. The third-order valence-electron chi connectivity index (χ3n) is 2.68. The Morgan fingerprint density at radius 2 is 2.00 bits per heavy atom. The molecule has 0 saturated heterocycles. The Bertz CT molecular complexity index is 490. The first kappa shape index (κ1) is 12.9. The maximum atomic E-state index is 9.42. The molecule has 3 nitrogen and oxygen atoms in total. The minimum Gasteiger partial charge on any atom is -0.394 e. The van der Waals surface area contributed by atoms with E-state index >= 15 is 0 Å². The van der Waals surface area contributed by atoms with Crippen molar-refractivity contribution in [1.82, 2.24) is 4.98 Å². The highest BCUT2D eigenvalue weighted by Gasteiger charge is 2.10. The lowest BCUT2D eigenvalue weighted by Gasteiger charge is -2.18. The number of aromatic nitrogens is 1. The summed E-state index contributed by atoms with van der Waals surface area (Å²) in [6.45, 7) is 0.0492. The van der Waals surface area contributed by atoms with Crippen LogP contribution in [0.25, 0.3) is 0 Å². The van der Waals surface area contributed by atoms with Crippen LogP contribution in [0.15, 0.2) is 48.8 Å². The molecule has 1 unspecified atom stereocenters. The third kappa shape index (κ3) is 3.45. The van der Waals surface area contributed by atoms with Crippen molar-refractivity contribution in [3.05, 3.63) is 59.4 Å². The molecule has 2 N–H and O–H groups in total. The summed E-state index contributed by atoms with van der Waals surface area (Å²) in [5.41, 5.74) is 1.97. The minimum absolute atomic E-state index is 0.0492. The van der Waals surface area contributed by atoms with Crippen molar-refractivity contribution >= 4 is 17.3 Å². The van der Waals surface area contributed by atoms with Crippen LogP contribution in [0.1, 0.15) is 5.56 Å². The van der Waals surface area contributed by atoms with Crippen LogP contribution in [0.5, 0.6) is 0 Å². The fraction of sp³-hybridized carbons (Fsp3) is 0.214. The zero-order chi connectivity index (χ0) is 12.8. The number of aliphatic hydroxyl groups excluding tert-OH is 1. The van der Waals surface area contributed by atoms with Gasteiger partial charge in [-0.25, -0.2) is 0 Å². The number of anilines is 1. The van der Waals surface area contributed by atoms with Gasteiger partial charge in [-0.05, 0) is 18.1 Å². The second-order valence-electron chi connectivity index (χ2n) is 4.07. The Morgan fingerprint density at radius 1 is 1.22 bits per heavy atom. The molecule has 0 saturated carbocycles. The molecule has 0 aliphatic rings. The van der Waals surface area contributed by atoms with Crippen molar-refractivity contribution in [2.45, 2.75) is 12.5 Å². The largest absolute Gasteiger partial charge is 0.394 e. The average Bonchev–Trinajstić information content (AvgIpc) is 2.41. The molecule has 4 heteroatoms. The van der Waals surface area contributed by atoms with Crippen LogP contribution in [0.3, 0.4) is 0 Å². The Morgan fingerprint density at radius 3 is 2.67 bits per heavy atom. The minimum atomic E-state index is -0.0627. The molecule has 0 aliphatic heterocycles. The molecular formula is C14H15ClN2O. The van der Waals surface area contributed by atoms with Gasteiger partial charge in [0, 0.05) is 12.4 Å². The first-order valence-electron chi connectivity index (χ1n) is 5.80. The predicted octanol–water partition coefficient (Wildman–Crippen LogP) is 2.75. The van der Waals surface area contributed by atoms with Gasteiger partial charge in [-0.15, -0.1) is 0 Å². The summed E-state index contributed by atoms with van der Waals surface area (Å²) in [5.74, 6) is 0. The van der Waals surface area contributed by atoms with Crippen molar-refractivity contribution in [2.24, 2.45) is 0 Å². The smallest absolute Gasteiger partial charge is 0.0820 e. The van der Waals surface area contributed by atoms with Crippen LogP contribution < -0.4 is 5.32 Å². The number of aliphatic hydroxyl groups is 1. The SMILES string of the molecule is OCC(Cc1ccccc1)Nc1ccncc1Cl. The second-order valence-corrected chi connectivity index (χ2v) is 4.48. The van der Waals surface area contributed by atoms with Gasteiger partial charge in [-0.3, -0.25) is 4.98 Å². The molecule has 0 fully saturated rings. The van der Waals surface area contributed by atoms with Crippen LogP contribution in [0, 0.1) is 0 Å². The van der Waals surface area contributed by atoms with Gasteiger partial charge in [-0.1, -0.05) is 41.9 Å². The molecule has 2 aromatic rings. The van der Waals surface area contributed by atoms with Gasteiger partial charge in [0.05, 0.1) is 23.4 Å². The number of nitrogens with one attached hydrogen (secondary N) is 1. The summed E-state index contributed by atoms with van der Waals surface area (Å²) >= 11 is 6.02. The van der Waals surface area contributed by atoms with Crippen LogP contribution in [0.4, 0.5) is 5.69 Å². The quantitative estimate of drug-likeness (QED) is 0.871. The Kier molecular flexibility index (Phi) is 4.56. The Labute approximate surface area is 111 Å². The van der Waals surface area contributed by atoms with E-state index in [0.29, 0.717) is 5.02 Å². The number of hydrogen-bond donors (Lipinski definition) is 2. The lowest BCUT2D eigenvalue weighted by molar-refractivity contribution is 0.273. The van der Waals surface area contributed by atoms with Crippen molar-refractivity contribution in [2.75, 3.05) is 11.9 Å². The van der Waals surface area contributed by atoms with Gasteiger partial charge >= 0.3 is 0 Å². The average molecular weight is 263 g/mol. The molecule has 1 atom stereocenters. The van der Waals surface area contributed by atoms with Crippen molar-refractivity contribution in [1.29, 1.82) is 0 Å². The molecule has 2 rings (SSSR count). The molecule has 1 aromatic carbocycles. The highest BCUT2D eigenvalue weighted by molar-refractivity contribution is 6.33. The molecule has 1 aromatic heterocycles. The van der Waals surface area contributed by atoms with Gasteiger partial charge in [-0.2, -0.15) is 0 Å². The van der Waals surface area contributed by atoms with Gasteiger partial charge < -0.3 is 10.4 Å². The van der Waals surface area contributed by atoms with E-state index < -0.39 is 0 Å². The summed E-state index contributed by atoms with van der Waals surface area (Å²) in [4.78, 5) is 3.93. The maximum Gasteiger partial charge on any atom is 0.0820 e. The number of hydrogen-bond acceptors (Lipinski definition) is 3. The molecule has 0 aliphatic carbocycles. The van der Waals surface area contributed by atoms with Crippen molar-refractivity contribution in [3.8, 4) is 0 Å². The molecule has 1 heterocycles. The first-order chi connectivity index (χ1) is 8.79. The van der Waals surface area contributed by atoms with Gasteiger partial charge in [0.2, 0.25) is 0 Å². The van der Waals surface area contributed by atoms with Gasteiger partial charge in [0.15, 0.2) is 0 Å². The lowest BCUT2D eigenvalue weighted by Crippen LogP contribution is -2.26. The molecular weight excluding hydrogens is 248 g/mol.